The Morgan fingerprint density at radius 1 is 1.73 bits per heavy atom. The first-order valence-corrected chi connectivity index (χ1v) is 4.16. The summed E-state index contributed by atoms with van der Waals surface area (Å²) in [6, 6.07) is 0.209. The quantitative estimate of drug-likeness (QED) is 0.435. The van der Waals surface area contributed by atoms with Crippen LogP contribution in [-0.4, -0.2) is 36.7 Å². The molecule has 0 radical (unpaired) electrons. The molecule has 0 amide bonds. The standard InChI is InChI=1S/C8H14N2O/c1-2-10-5-3-4-8(6-10)9-7-11/h8H,2-6H2,1H3. The van der Waals surface area contributed by atoms with Gasteiger partial charge in [-0.1, -0.05) is 6.92 Å². The molecule has 0 aliphatic carbocycles. The van der Waals surface area contributed by atoms with Crippen LogP contribution >= 0.6 is 0 Å². The zero-order valence-electron chi connectivity index (χ0n) is 6.92. The lowest BCUT2D eigenvalue weighted by Gasteiger charge is -2.28. The Bertz CT molecular complexity index is 163. The van der Waals surface area contributed by atoms with Crippen molar-refractivity contribution in [2.45, 2.75) is 25.8 Å². The van der Waals surface area contributed by atoms with E-state index in [1.54, 1.807) is 6.08 Å². The van der Waals surface area contributed by atoms with Gasteiger partial charge in [-0.2, -0.15) is 0 Å². The van der Waals surface area contributed by atoms with Gasteiger partial charge in [-0.15, -0.1) is 0 Å². The molecule has 0 spiro atoms. The Balaban J connectivity index is 2.38. The molecule has 62 valence electrons. The van der Waals surface area contributed by atoms with Crippen LogP contribution in [0.25, 0.3) is 0 Å². The lowest BCUT2D eigenvalue weighted by molar-refractivity contribution is 0.220. The van der Waals surface area contributed by atoms with E-state index in [-0.39, 0.29) is 6.04 Å². The van der Waals surface area contributed by atoms with Crippen molar-refractivity contribution in [3.63, 3.8) is 0 Å². The van der Waals surface area contributed by atoms with Crippen molar-refractivity contribution in [3.05, 3.63) is 0 Å². The molecule has 0 bridgehead atoms. The van der Waals surface area contributed by atoms with E-state index in [2.05, 4.69) is 16.8 Å². The summed E-state index contributed by atoms with van der Waals surface area (Å²) in [5.74, 6) is 0. The van der Waals surface area contributed by atoms with Crippen LogP contribution in [0.1, 0.15) is 19.8 Å². The average molecular weight is 154 g/mol. The van der Waals surface area contributed by atoms with E-state index in [4.69, 9.17) is 0 Å². The predicted octanol–water partition coefficient (Wildman–Crippen LogP) is 0.806. The Kier molecular flexibility index (Phi) is 3.27. The second-order valence-corrected chi connectivity index (χ2v) is 2.91. The first-order chi connectivity index (χ1) is 5.36. The van der Waals surface area contributed by atoms with Crippen LogP contribution < -0.4 is 0 Å². The maximum absolute atomic E-state index is 9.96. The second kappa shape index (κ2) is 4.27. The van der Waals surface area contributed by atoms with E-state index in [0.29, 0.717) is 0 Å². The van der Waals surface area contributed by atoms with Gasteiger partial charge in [0.15, 0.2) is 0 Å². The number of hydrogen-bond donors (Lipinski definition) is 0. The fourth-order valence-electron chi connectivity index (χ4n) is 1.50. The van der Waals surface area contributed by atoms with Gasteiger partial charge in [-0.3, -0.25) is 0 Å². The maximum atomic E-state index is 9.96. The Labute approximate surface area is 67.1 Å². The van der Waals surface area contributed by atoms with E-state index in [1.807, 2.05) is 0 Å². The molecule has 3 heteroatoms. The summed E-state index contributed by atoms with van der Waals surface area (Å²) in [5.41, 5.74) is 0. The third-order valence-corrected chi connectivity index (χ3v) is 2.16. The molecule has 1 saturated heterocycles. The molecule has 1 aliphatic rings. The molecule has 0 saturated carbocycles. The van der Waals surface area contributed by atoms with Crippen molar-refractivity contribution in [1.82, 2.24) is 4.90 Å². The van der Waals surface area contributed by atoms with Crippen molar-refractivity contribution in [1.29, 1.82) is 0 Å². The van der Waals surface area contributed by atoms with Gasteiger partial charge in [-0.25, -0.2) is 9.79 Å². The van der Waals surface area contributed by atoms with Gasteiger partial charge >= 0.3 is 0 Å². The number of likely N-dealkylation sites (N-methyl/N-ethyl adjacent to an activating group) is 1. The number of rotatable bonds is 2. The molecule has 1 heterocycles. The lowest BCUT2D eigenvalue weighted by Crippen LogP contribution is -2.37. The van der Waals surface area contributed by atoms with E-state index in [1.165, 1.54) is 0 Å². The number of hydrogen-bond acceptors (Lipinski definition) is 3. The van der Waals surface area contributed by atoms with Gasteiger partial charge in [0, 0.05) is 6.54 Å². The molecule has 0 N–H and O–H groups in total. The Hall–Kier alpha value is -0.660. The van der Waals surface area contributed by atoms with Crippen LogP contribution in [0.15, 0.2) is 4.99 Å². The Morgan fingerprint density at radius 3 is 3.18 bits per heavy atom. The highest BCUT2D eigenvalue weighted by Crippen LogP contribution is 2.11. The van der Waals surface area contributed by atoms with Crippen LogP contribution in [0, 0.1) is 0 Å². The van der Waals surface area contributed by atoms with Crippen LogP contribution in [0.4, 0.5) is 0 Å². The van der Waals surface area contributed by atoms with Crippen LogP contribution in [-0.2, 0) is 4.79 Å². The van der Waals surface area contributed by atoms with Crippen molar-refractivity contribution in [2.75, 3.05) is 19.6 Å². The van der Waals surface area contributed by atoms with Crippen molar-refractivity contribution >= 4 is 6.08 Å². The smallest absolute Gasteiger partial charge is 0.235 e. The zero-order valence-corrected chi connectivity index (χ0v) is 6.92. The molecular formula is C8H14N2O. The van der Waals surface area contributed by atoms with Crippen LogP contribution in [0.5, 0.6) is 0 Å². The predicted molar refractivity (Wildman–Crippen MR) is 43.3 cm³/mol. The topological polar surface area (TPSA) is 32.7 Å². The van der Waals surface area contributed by atoms with E-state index in [9.17, 15) is 4.79 Å². The van der Waals surface area contributed by atoms with E-state index in [0.717, 1.165) is 32.5 Å². The Morgan fingerprint density at radius 2 is 2.55 bits per heavy atom. The molecule has 11 heavy (non-hydrogen) atoms. The summed E-state index contributed by atoms with van der Waals surface area (Å²) in [7, 11) is 0. The van der Waals surface area contributed by atoms with Gasteiger partial charge in [0.05, 0.1) is 6.04 Å². The summed E-state index contributed by atoms with van der Waals surface area (Å²) in [5, 5.41) is 0. The molecule has 1 rings (SSSR count). The normalized spacial score (nSPS) is 26.1. The number of likely N-dealkylation sites (tertiary alicyclic amines) is 1. The third kappa shape index (κ3) is 2.45. The highest BCUT2D eigenvalue weighted by atomic mass is 16.1. The summed E-state index contributed by atoms with van der Waals surface area (Å²) in [6.45, 7) is 5.28. The van der Waals surface area contributed by atoms with Gasteiger partial charge in [0.2, 0.25) is 6.08 Å². The van der Waals surface area contributed by atoms with Crippen LogP contribution in [0.2, 0.25) is 0 Å². The number of piperidine rings is 1. The molecule has 0 aromatic rings. The van der Waals surface area contributed by atoms with Crippen molar-refractivity contribution < 1.29 is 4.79 Å². The van der Waals surface area contributed by atoms with Crippen molar-refractivity contribution in [3.8, 4) is 0 Å². The number of isocyanates is 1. The minimum absolute atomic E-state index is 0.209. The van der Waals surface area contributed by atoms with E-state index >= 15 is 0 Å². The lowest BCUT2D eigenvalue weighted by atomic mass is 10.1. The molecule has 0 aromatic heterocycles. The summed E-state index contributed by atoms with van der Waals surface area (Å²) in [4.78, 5) is 16.0. The largest absolute Gasteiger partial charge is 0.301 e. The molecule has 0 aromatic carbocycles. The highest BCUT2D eigenvalue weighted by molar-refractivity contribution is 5.33. The molecule has 1 atom stereocenters. The fourth-order valence-corrected chi connectivity index (χ4v) is 1.50. The number of aliphatic imine (C=N–C) groups is 1. The summed E-state index contributed by atoms with van der Waals surface area (Å²) < 4.78 is 0. The number of nitrogens with zero attached hydrogens (tertiary/aromatic N) is 2. The molecular weight excluding hydrogens is 140 g/mol. The van der Waals surface area contributed by atoms with Crippen LogP contribution in [0.3, 0.4) is 0 Å². The fraction of sp³-hybridized carbons (Fsp3) is 0.875. The maximum Gasteiger partial charge on any atom is 0.235 e. The number of carbonyl (C=O) groups excluding carboxylic acids is 1. The monoisotopic (exact) mass is 154 g/mol. The SMILES string of the molecule is CCN1CCCC(N=C=O)C1. The van der Waals surface area contributed by atoms with Gasteiger partial charge in [0.1, 0.15) is 0 Å². The molecule has 1 fully saturated rings. The highest BCUT2D eigenvalue weighted by Gasteiger charge is 2.17. The summed E-state index contributed by atoms with van der Waals surface area (Å²) >= 11 is 0. The average Bonchev–Trinajstić information content (AvgIpc) is 2.06. The zero-order chi connectivity index (χ0) is 8.10. The minimum atomic E-state index is 0.209. The third-order valence-electron chi connectivity index (χ3n) is 2.16. The summed E-state index contributed by atoms with van der Waals surface area (Å²) in [6.07, 6.45) is 3.83. The van der Waals surface area contributed by atoms with Gasteiger partial charge < -0.3 is 4.90 Å². The van der Waals surface area contributed by atoms with Gasteiger partial charge in [-0.05, 0) is 25.9 Å². The molecule has 1 aliphatic heterocycles. The molecule has 3 nitrogen and oxygen atoms in total. The van der Waals surface area contributed by atoms with E-state index < -0.39 is 0 Å². The first kappa shape index (κ1) is 8.44. The van der Waals surface area contributed by atoms with Gasteiger partial charge in [0.25, 0.3) is 0 Å². The minimum Gasteiger partial charge on any atom is -0.301 e. The first-order valence-electron chi connectivity index (χ1n) is 4.16. The molecule has 1 unspecified atom stereocenters. The second-order valence-electron chi connectivity index (χ2n) is 2.91. The van der Waals surface area contributed by atoms with Crippen molar-refractivity contribution in [2.24, 2.45) is 4.99 Å².